The third kappa shape index (κ3) is 4.70. The number of ketones is 1. The van der Waals surface area contributed by atoms with Crippen LogP contribution in [0.4, 0.5) is 4.39 Å². The number of carbonyl (C=O) groups is 2. The third-order valence-electron chi connectivity index (χ3n) is 1.73. The Balaban J connectivity index is 0.00000289. The van der Waals surface area contributed by atoms with Crippen molar-refractivity contribution in [3.8, 4) is 0 Å². The Kier molecular flexibility index (Phi) is 6.94. The minimum atomic E-state index is -1.12. The van der Waals surface area contributed by atoms with E-state index in [1.165, 1.54) is 6.92 Å². The Morgan fingerprint density at radius 2 is 2.17 bits per heavy atom. The number of hydrogen-bond donors (Lipinski definition) is 0. The second-order valence-electron chi connectivity index (χ2n) is 2.99. The number of nitrogens with zero attached hydrogens (tertiary/aromatic N) is 1. The smallest absolute Gasteiger partial charge is 0.378 e. The zero-order chi connectivity index (χ0) is 12.8. The van der Waals surface area contributed by atoms with E-state index in [0.717, 1.165) is 18.5 Å². The van der Waals surface area contributed by atoms with Gasteiger partial charge < -0.3 is 9.84 Å². The molecule has 1 rings (SSSR count). The molecule has 0 aliphatic rings. The molecule has 0 aliphatic heterocycles. The summed E-state index contributed by atoms with van der Waals surface area (Å²) in [6.07, 6.45) is 2.57. The van der Waals surface area contributed by atoms with E-state index in [2.05, 4.69) is 9.72 Å². The third-order valence-corrected chi connectivity index (χ3v) is 1.73. The van der Waals surface area contributed by atoms with Crippen LogP contribution in [0, 0.1) is 5.82 Å². The van der Waals surface area contributed by atoms with Crippen molar-refractivity contribution in [1.29, 1.82) is 0 Å². The van der Waals surface area contributed by atoms with E-state index in [1.54, 1.807) is 0 Å². The van der Waals surface area contributed by atoms with Crippen molar-refractivity contribution in [2.75, 3.05) is 6.61 Å². The van der Waals surface area contributed by atoms with Crippen molar-refractivity contribution in [2.45, 2.75) is 6.92 Å². The molecule has 1 radical (unpaired) electrons. The van der Waals surface area contributed by atoms with Crippen molar-refractivity contribution >= 4 is 36.4 Å². The largest absolute Gasteiger partial charge is 0.872 e. The van der Waals surface area contributed by atoms with Crippen molar-refractivity contribution < 1.29 is 23.8 Å². The van der Waals surface area contributed by atoms with Crippen LogP contribution in [-0.2, 0) is 14.3 Å². The van der Waals surface area contributed by atoms with Gasteiger partial charge >= 0.3 is 5.97 Å². The molecule has 0 amide bonds. The van der Waals surface area contributed by atoms with Crippen LogP contribution in [0.25, 0.3) is 5.76 Å². The molecule has 0 N–H and O–H groups in total. The van der Waals surface area contributed by atoms with E-state index in [0.29, 0.717) is 6.08 Å². The van der Waals surface area contributed by atoms with Gasteiger partial charge in [-0.3, -0.25) is 9.78 Å². The molecule has 0 atom stereocenters. The van der Waals surface area contributed by atoms with Crippen LogP contribution in [0.1, 0.15) is 12.5 Å². The molecule has 1 heterocycles. The average Bonchev–Trinajstić information content (AvgIpc) is 2.29. The SMILES string of the molecule is CCOC(=O)C(=O)C=C([O-])c1cncc(F)c1.[Li]. The molecule has 1 aromatic heterocycles. The van der Waals surface area contributed by atoms with Crippen LogP contribution in [0.2, 0.25) is 0 Å². The number of halogens is 1. The summed E-state index contributed by atoms with van der Waals surface area (Å²) >= 11 is 0. The fraction of sp³-hybridized carbons (Fsp3) is 0.182. The molecular weight excluding hydrogens is 236 g/mol. The van der Waals surface area contributed by atoms with Crippen LogP contribution < -0.4 is 5.11 Å². The maximum absolute atomic E-state index is 12.7. The molecule has 0 unspecified atom stereocenters. The predicted octanol–water partition coefficient (Wildman–Crippen LogP) is -0.327. The number of pyridine rings is 1. The van der Waals surface area contributed by atoms with E-state index in [9.17, 15) is 19.1 Å². The summed E-state index contributed by atoms with van der Waals surface area (Å²) in [5, 5.41) is 11.4. The standard InChI is InChI=1S/C11H10FNO4.Li/c1-2-17-11(16)10(15)4-9(14)7-3-8(12)6-13-5-7;/h3-6,14H,2H2,1H3;/p-1. The van der Waals surface area contributed by atoms with Gasteiger partial charge in [0, 0.05) is 25.1 Å². The quantitative estimate of drug-likeness (QED) is 0.238. The summed E-state index contributed by atoms with van der Waals surface area (Å²) in [6, 6.07) is 0.921. The fourth-order valence-electron chi connectivity index (χ4n) is 1.01. The Morgan fingerprint density at radius 3 is 2.72 bits per heavy atom. The van der Waals surface area contributed by atoms with Gasteiger partial charge in [-0.1, -0.05) is 5.76 Å². The van der Waals surface area contributed by atoms with Gasteiger partial charge in [-0.25, -0.2) is 9.18 Å². The number of rotatable bonds is 4. The number of hydrogen-bond acceptors (Lipinski definition) is 5. The zero-order valence-electron chi connectivity index (χ0n) is 9.97. The summed E-state index contributed by atoms with van der Waals surface area (Å²) in [7, 11) is 0. The molecule has 1 aromatic rings. The first-order valence-corrected chi connectivity index (χ1v) is 4.75. The number of esters is 1. The van der Waals surface area contributed by atoms with Gasteiger partial charge in [0.15, 0.2) is 0 Å². The first-order valence-electron chi connectivity index (χ1n) is 4.75. The van der Waals surface area contributed by atoms with E-state index < -0.39 is 23.3 Å². The second kappa shape index (κ2) is 7.64. The van der Waals surface area contributed by atoms with E-state index in [4.69, 9.17) is 0 Å². The molecule has 7 heteroatoms. The van der Waals surface area contributed by atoms with Gasteiger partial charge in [-0.15, -0.1) is 0 Å². The molecule has 5 nitrogen and oxygen atoms in total. The van der Waals surface area contributed by atoms with Gasteiger partial charge in [-0.05, 0) is 24.6 Å². The minimum absolute atomic E-state index is 0. The number of ether oxygens (including phenoxy) is 1. The summed E-state index contributed by atoms with van der Waals surface area (Å²) in [4.78, 5) is 25.5. The molecule has 0 aromatic carbocycles. The van der Waals surface area contributed by atoms with E-state index >= 15 is 0 Å². The molecule has 0 saturated carbocycles. The Bertz CT molecular complexity index is 476. The summed E-state index contributed by atoms with van der Waals surface area (Å²) in [5.74, 6) is -3.70. The Morgan fingerprint density at radius 1 is 1.50 bits per heavy atom. The van der Waals surface area contributed by atoms with Gasteiger partial charge in [0.05, 0.1) is 12.8 Å². The second-order valence-corrected chi connectivity index (χ2v) is 2.99. The number of aromatic nitrogens is 1. The summed E-state index contributed by atoms with van der Waals surface area (Å²) in [6.45, 7) is 1.57. The molecule has 0 bridgehead atoms. The molecular formula is C11H9FLiNO4-. The van der Waals surface area contributed by atoms with Gasteiger partial charge in [-0.2, -0.15) is 0 Å². The van der Waals surface area contributed by atoms with Crippen LogP contribution in [0.3, 0.4) is 0 Å². The topological polar surface area (TPSA) is 79.3 Å². The molecule has 0 saturated heterocycles. The van der Waals surface area contributed by atoms with Gasteiger partial charge in [0.25, 0.3) is 5.78 Å². The summed E-state index contributed by atoms with van der Waals surface area (Å²) < 4.78 is 17.1. The first kappa shape index (κ1) is 16.4. The van der Waals surface area contributed by atoms with Crippen LogP contribution >= 0.6 is 0 Å². The van der Waals surface area contributed by atoms with Gasteiger partial charge in [0.2, 0.25) is 0 Å². The summed E-state index contributed by atoms with van der Waals surface area (Å²) in [5.41, 5.74) is -0.109. The molecule has 18 heavy (non-hydrogen) atoms. The van der Waals surface area contributed by atoms with Crippen LogP contribution in [-0.4, -0.2) is 42.2 Å². The van der Waals surface area contributed by atoms with Crippen molar-refractivity contribution in [3.05, 3.63) is 35.9 Å². The molecule has 0 spiro atoms. The van der Waals surface area contributed by atoms with E-state index in [1.807, 2.05) is 0 Å². The molecule has 0 aliphatic carbocycles. The van der Waals surface area contributed by atoms with Gasteiger partial charge in [0.1, 0.15) is 5.82 Å². The van der Waals surface area contributed by atoms with E-state index in [-0.39, 0.29) is 31.0 Å². The van der Waals surface area contributed by atoms with Crippen LogP contribution in [0.15, 0.2) is 24.5 Å². The normalized spacial score (nSPS) is 10.4. The number of carbonyl (C=O) groups excluding carboxylic acids is 2. The zero-order valence-corrected chi connectivity index (χ0v) is 9.97. The molecule has 0 fully saturated rings. The van der Waals surface area contributed by atoms with Crippen molar-refractivity contribution in [1.82, 2.24) is 4.98 Å². The van der Waals surface area contributed by atoms with Crippen molar-refractivity contribution in [2.24, 2.45) is 0 Å². The minimum Gasteiger partial charge on any atom is -0.872 e. The fourth-order valence-corrected chi connectivity index (χ4v) is 1.01. The Hall–Kier alpha value is -1.64. The average molecular weight is 245 g/mol. The maximum atomic E-state index is 12.7. The predicted molar refractivity (Wildman–Crippen MR) is 59.6 cm³/mol. The molecule has 91 valence electrons. The first-order chi connectivity index (χ1) is 8.04. The van der Waals surface area contributed by atoms with Crippen molar-refractivity contribution in [3.63, 3.8) is 0 Å². The Labute approximate surface area is 115 Å². The van der Waals surface area contributed by atoms with Crippen LogP contribution in [0.5, 0.6) is 0 Å². The maximum Gasteiger partial charge on any atom is 0.378 e. The monoisotopic (exact) mass is 245 g/mol.